The molecule has 0 atom stereocenters. The maximum Gasteiger partial charge on any atom is 0.251 e. The zero-order chi connectivity index (χ0) is 15.5. The maximum atomic E-state index is 11.8. The van der Waals surface area contributed by atoms with Gasteiger partial charge >= 0.3 is 0 Å². The van der Waals surface area contributed by atoms with Crippen LogP contribution < -0.4 is 16.0 Å². The van der Waals surface area contributed by atoms with Crippen LogP contribution in [0.15, 0.2) is 24.3 Å². The van der Waals surface area contributed by atoms with Crippen molar-refractivity contribution in [3.63, 3.8) is 0 Å². The van der Waals surface area contributed by atoms with E-state index in [0.29, 0.717) is 17.3 Å². The molecule has 21 heavy (non-hydrogen) atoms. The second-order valence-electron chi connectivity index (χ2n) is 6.48. The minimum atomic E-state index is -0.0971. The zero-order valence-corrected chi connectivity index (χ0v) is 12.8. The number of hydrogen-bond acceptors (Lipinski definition) is 3. The van der Waals surface area contributed by atoms with Gasteiger partial charge in [0.15, 0.2) is 0 Å². The minimum Gasteiger partial charge on any atom is -0.349 e. The van der Waals surface area contributed by atoms with Crippen molar-refractivity contribution >= 4 is 17.5 Å². The quantitative estimate of drug-likeness (QED) is 0.775. The van der Waals surface area contributed by atoms with Crippen LogP contribution in [0.5, 0.6) is 0 Å². The van der Waals surface area contributed by atoms with Gasteiger partial charge in [0, 0.05) is 22.8 Å². The molecule has 1 aromatic carbocycles. The summed E-state index contributed by atoms with van der Waals surface area (Å²) in [6.07, 6.45) is 2.14. The van der Waals surface area contributed by atoms with Crippen LogP contribution in [-0.4, -0.2) is 29.9 Å². The fourth-order valence-corrected chi connectivity index (χ4v) is 1.75. The van der Waals surface area contributed by atoms with Crippen molar-refractivity contribution < 1.29 is 9.59 Å². The molecule has 2 amide bonds. The molecule has 0 aliphatic heterocycles. The molecular formula is C16H23N3O2. The van der Waals surface area contributed by atoms with E-state index >= 15 is 0 Å². The van der Waals surface area contributed by atoms with Crippen molar-refractivity contribution in [1.82, 2.24) is 10.6 Å². The van der Waals surface area contributed by atoms with Gasteiger partial charge in [-0.2, -0.15) is 0 Å². The highest BCUT2D eigenvalue weighted by Crippen LogP contribution is 2.19. The summed E-state index contributed by atoms with van der Waals surface area (Å²) in [5.41, 5.74) is 1.22. The van der Waals surface area contributed by atoms with Gasteiger partial charge in [0.1, 0.15) is 0 Å². The van der Waals surface area contributed by atoms with Crippen LogP contribution in [0.3, 0.4) is 0 Å². The first-order chi connectivity index (χ1) is 9.83. The molecule has 0 spiro atoms. The Labute approximate surface area is 125 Å². The Morgan fingerprint density at radius 3 is 2.29 bits per heavy atom. The normalized spacial score (nSPS) is 14.6. The van der Waals surface area contributed by atoms with Crippen LogP contribution in [0.1, 0.15) is 44.0 Å². The average molecular weight is 289 g/mol. The Hall–Kier alpha value is -1.88. The summed E-state index contributed by atoms with van der Waals surface area (Å²) in [6.45, 7) is 6.28. The highest BCUT2D eigenvalue weighted by molar-refractivity contribution is 5.96. The fraction of sp³-hybridized carbons (Fsp3) is 0.500. The molecule has 5 nitrogen and oxygen atoms in total. The van der Waals surface area contributed by atoms with Crippen molar-refractivity contribution in [2.24, 2.45) is 0 Å². The van der Waals surface area contributed by atoms with E-state index in [2.05, 4.69) is 16.0 Å². The van der Waals surface area contributed by atoms with Crippen LogP contribution in [0.25, 0.3) is 0 Å². The molecule has 0 unspecified atom stereocenters. The summed E-state index contributed by atoms with van der Waals surface area (Å²) in [7, 11) is 0. The molecule has 0 saturated heterocycles. The summed E-state index contributed by atoms with van der Waals surface area (Å²) in [5, 5.41) is 8.86. The molecule has 3 N–H and O–H groups in total. The summed E-state index contributed by atoms with van der Waals surface area (Å²) in [5.74, 6) is -0.148. The van der Waals surface area contributed by atoms with E-state index in [9.17, 15) is 9.59 Å². The topological polar surface area (TPSA) is 70.2 Å². The van der Waals surface area contributed by atoms with Crippen LogP contribution >= 0.6 is 0 Å². The molecule has 0 heterocycles. The SMILES string of the molecule is CC(C)(C)NCC(=O)Nc1ccc(C(=O)NC2CC2)cc1. The number of amides is 2. The van der Waals surface area contributed by atoms with Crippen molar-refractivity contribution in [2.75, 3.05) is 11.9 Å². The molecule has 0 radical (unpaired) electrons. The van der Waals surface area contributed by atoms with Gasteiger partial charge in [0.25, 0.3) is 5.91 Å². The Morgan fingerprint density at radius 2 is 1.76 bits per heavy atom. The summed E-state index contributed by atoms with van der Waals surface area (Å²) < 4.78 is 0. The lowest BCUT2D eigenvalue weighted by atomic mass is 10.1. The molecule has 1 saturated carbocycles. The van der Waals surface area contributed by atoms with E-state index in [4.69, 9.17) is 0 Å². The molecule has 5 heteroatoms. The molecule has 114 valence electrons. The van der Waals surface area contributed by atoms with E-state index in [1.165, 1.54) is 0 Å². The van der Waals surface area contributed by atoms with Crippen molar-refractivity contribution in [3.8, 4) is 0 Å². The summed E-state index contributed by atoms with van der Waals surface area (Å²) in [4.78, 5) is 23.6. The number of nitrogens with one attached hydrogen (secondary N) is 3. The molecule has 0 aromatic heterocycles. The molecular weight excluding hydrogens is 266 g/mol. The highest BCUT2D eigenvalue weighted by Gasteiger charge is 2.23. The van der Waals surface area contributed by atoms with E-state index in [0.717, 1.165) is 12.8 Å². The van der Waals surface area contributed by atoms with Crippen LogP contribution in [0.2, 0.25) is 0 Å². The lowest BCUT2D eigenvalue weighted by Gasteiger charge is -2.20. The number of rotatable bonds is 5. The first-order valence-corrected chi connectivity index (χ1v) is 7.29. The molecule has 1 aromatic rings. The smallest absolute Gasteiger partial charge is 0.251 e. The molecule has 1 fully saturated rings. The van der Waals surface area contributed by atoms with Crippen molar-refractivity contribution in [1.29, 1.82) is 0 Å². The second kappa shape index (κ2) is 6.26. The van der Waals surface area contributed by atoms with Crippen LogP contribution in [-0.2, 0) is 4.79 Å². The molecule has 2 rings (SSSR count). The third kappa shape index (κ3) is 5.55. The second-order valence-corrected chi connectivity index (χ2v) is 6.48. The average Bonchev–Trinajstić information content (AvgIpc) is 3.20. The standard InChI is InChI=1S/C16H23N3O2/c1-16(2,3)17-10-14(20)18-12-6-4-11(5-7-12)15(21)19-13-8-9-13/h4-7,13,17H,8-10H2,1-3H3,(H,18,20)(H,19,21). The minimum absolute atomic E-state index is 0.0511. The Kier molecular flexibility index (Phi) is 4.63. The van der Waals surface area contributed by atoms with E-state index < -0.39 is 0 Å². The lowest BCUT2D eigenvalue weighted by molar-refractivity contribution is -0.115. The Bertz CT molecular complexity index is 513. The van der Waals surface area contributed by atoms with Crippen molar-refractivity contribution in [2.45, 2.75) is 45.2 Å². The number of carbonyl (C=O) groups excluding carboxylic acids is 2. The first-order valence-electron chi connectivity index (χ1n) is 7.29. The first kappa shape index (κ1) is 15.5. The highest BCUT2D eigenvalue weighted by atomic mass is 16.2. The predicted molar refractivity (Wildman–Crippen MR) is 83.3 cm³/mol. The molecule has 0 bridgehead atoms. The zero-order valence-electron chi connectivity index (χ0n) is 12.8. The Morgan fingerprint density at radius 1 is 1.14 bits per heavy atom. The van der Waals surface area contributed by atoms with E-state index in [1.54, 1.807) is 24.3 Å². The van der Waals surface area contributed by atoms with Gasteiger partial charge in [-0.25, -0.2) is 0 Å². The number of benzene rings is 1. The van der Waals surface area contributed by atoms with Gasteiger partial charge in [-0.1, -0.05) is 0 Å². The third-order valence-electron chi connectivity index (χ3n) is 3.12. The fourth-order valence-electron chi connectivity index (χ4n) is 1.75. The molecule has 1 aliphatic rings. The third-order valence-corrected chi connectivity index (χ3v) is 3.12. The van der Waals surface area contributed by atoms with E-state index in [1.807, 2.05) is 20.8 Å². The van der Waals surface area contributed by atoms with E-state index in [-0.39, 0.29) is 23.9 Å². The van der Waals surface area contributed by atoms with Crippen LogP contribution in [0, 0.1) is 0 Å². The van der Waals surface area contributed by atoms with Crippen LogP contribution in [0.4, 0.5) is 5.69 Å². The monoisotopic (exact) mass is 289 g/mol. The maximum absolute atomic E-state index is 11.8. The molecule has 1 aliphatic carbocycles. The van der Waals surface area contributed by atoms with Gasteiger partial charge in [-0.15, -0.1) is 0 Å². The lowest BCUT2D eigenvalue weighted by Crippen LogP contribution is -2.41. The predicted octanol–water partition coefficient (Wildman–Crippen LogP) is 1.91. The summed E-state index contributed by atoms with van der Waals surface area (Å²) >= 11 is 0. The van der Waals surface area contributed by atoms with Gasteiger partial charge in [0.2, 0.25) is 5.91 Å². The van der Waals surface area contributed by atoms with Gasteiger partial charge in [0.05, 0.1) is 6.54 Å². The van der Waals surface area contributed by atoms with Gasteiger partial charge in [-0.3, -0.25) is 9.59 Å². The number of carbonyl (C=O) groups is 2. The number of anilines is 1. The van der Waals surface area contributed by atoms with Gasteiger partial charge in [-0.05, 0) is 57.9 Å². The van der Waals surface area contributed by atoms with Crippen molar-refractivity contribution in [3.05, 3.63) is 29.8 Å². The van der Waals surface area contributed by atoms with Gasteiger partial charge < -0.3 is 16.0 Å². The largest absolute Gasteiger partial charge is 0.349 e. The summed E-state index contributed by atoms with van der Waals surface area (Å²) in [6, 6.07) is 7.29. The number of hydrogen-bond donors (Lipinski definition) is 3. The Balaban J connectivity index is 1.83.